The molecule has 118 valence electrons. The lowest BCUT2D eigenvalue weighted by Gasteiger charge is -2.19. The molecule has 0 bridgehead atoms. The predicted octanol–water partition coefficient (Wildman–Crippen LogP) is 1.11. The first-order valence-corrected chi connectivity index (χ1v) is 8.44. The van der Waals surface area contributed by atoms with Gasteiger partial charge in [-0.05, 0) is 37.4 Å². The van der Waals surface area contributed by atoms with Crippen LogP contribution >= 0.6 is 0 Å². The molecule has 0 saturated heterocycles. The van der Waals surface area contributed by atoms with Gasteiger partial charge in [-0.25, -0.2) is 13.1 Å². The van der Waals surface area contributed by atoms with E-state index in [1.165, 1.54) is 26.4 Å². The van der Waals surface area contributed by atoms with Crippen LogP contribution in [0.5, 0.6) is 11.5 Å². The molecule has 2 rings (SSSR count). The number of hydrogen-bond acceptors (Lipinski definition) is 5. The number of ether oxygens (including phenoxy) is 2. The SMILES string of the molecule is COc1ccc(S(=O)(=O)NC2CCCC2CN)cc1OC. The molecule has 21 heavy (non-hydrogen) atoms. The molecule has 7 heteroatoms. The summed E-state index contributed by atoms with van der Waals surface area (Å²) in [6, 6.07) is 4.47. The number of benzene rings is 1. The van der Waals surface area contributed by atoms with Crippen molar-refractivity contribution in [2.24, 2.45) is 11.7 Å². The molecule has 0 aliphatic heterocycles. The van der Waals surface area contributed by atoms with Crippen LogP contribution in [0.4, 0.5) is 0 Å². The first kappa shape index (κ1) is 16.1. The highest BCUT2D eigenvalue weighted by Crippen LogP contribution is 2.31. The van der Waals surface area contributed by atoms with E-state index in [9.17, 15) is 8.42 Å². The molecule has 0 spiro atoms. The van der Waals surface area contributed by atoms with Crippen LogP contribution in [-0.4, -0.2) is 35.2 Å². The molecule has 1 aliphatic rings. The van der Waals surface area contributed by atoms with Crippen LogP contribution < -0.4 is 19.9 Å². The molecule has 6 nitrogen and oxygen atoms in total. The Morgan fingerprint density at radius 1 is 1.24 bits per heavy atom. The van der Waals surface area contributed by atoms with Gasteiger partial charge in [0.05, 0.1) is 19.1 Å². The van der Waals surface area contributed by atoms with Crippen molar-refractivity contribution in [2.75, 3.05) is 20.8 Å². The van der Waals surface area contributed by atoms with E-state index < -0.39 is 10.0 Å². The summed E-state index contributed by atoms with van der Waals surface area (Å²) in [5.41, 5.74) is 5.69. The van der Waals surface area contributed by atoms with Crippen LogP contribution in [0.25, 0.3) is 0 Å². The molecular formula is C14H22N2O4S. The summed E-state index contributed by atoms with van der Waals surface area (Å²) >= 11 is 0. The molecule has 1 aromatic rings. The molecule has 1 saturated carbocycles. The van der Waals surface area contributed by atoms with Crippen LogP contribution in [0.3, 0.4) is 0 Å². The zero-order valence-electron chi connectivity index (χ0n) is 12.3. The van der Waals surface area contributed by atoms with E-state index in [2.05, 4.69) is 4.72 Å². The average Bonchev–Trinajstić information content (AvgIpc) is 2.92. The van der Waals surface area contributed by atoms with Crippen LogP contribution in [0.1, 0.15) is 19.3 Å². The van der Waals surface area contributed by atoms with E-state index in [0.717, 1.165) is 19.3 Å². The minimum absolute atomic E-state index is 0.0897. The van der Waals surface area contributed by atoms with Crippen LogP contribution in [0.2, 0.25) is 0 Å². The van der Waals surface area contributed by atoms with Crippen molar-refractivity contribution in [3.8, 4) is 11.5 Å². The molecule has 0 heterocycles. The Labute approximate surface area is 125 Å². The maximum absolute atomic E-state index is 12.5. The van der Waals surface area contributed by atoms with Gasteiger partial charge in [-0.3, -0.25) is 0 Å². The van der Waals surface area contributed by atoms with Gasteiger partial charge in [-0.2, -0.15) is 0 Å². The van der Waals surface area contributed by atoms with Gasteiger partial charge in [0.2, 0.25) is 10.0 Å². The topological polar surface area (TPSA) is 90.7 Å². The minimum atomic E-state index is -3.59. The van der Waals surface area contributed by atoms with Crippen molar-refractivity contribution in [3.05, 3.63) is 18.2 Å². The van der Waals surface area contributed by atoms with E-state index in [1.807, 2.05) is 0 Å². The number of nitrogens with one attached hydrogen (secondary N) is 1. The standard InChI is InChI=1S/C14H22N2O4S/c1-19-13-7-6-11(8-14(13)20-2)21(17,18)16-12-5-3-4-10(12)9-15/h6-8,10,12,16H,3-5,9,15H2,1-2H3. The Morgan fingerprint density at radius 2 is 1.95 bits per heavy atom. The quantitative estimate of drug-likeness (QED) is 0.821. The second kappa shape index (κ2) is 6.64. The van der Waals surface area contributed by atoms with Gasteiger partial charge in [-0.15, -0.1) is 0 Å². The lowest BCUT2D eigenvalue weighted by atomic mass is 10.1. The van der Waals surface area contributed by atoms with E-state index in [4.69, 9.17) is 15.2 Å². The number of rotatable bonds is 6. The third-order valence-electron chi connectivity index (χ3n) is 3.93. The maximum Gasteiger partial charge on any atom is 0.240 e. The molecule has 0 radical (unpaired) electrons. The fourth-order valence-corrected chi connectivity index (χ4v) is 4.08. The van der Waals surface area contributed by atoms with Gasteiger partial charge in [0.1, 0.15) is 0 Å². The third-order valence-corrected chi connectivity index (χ3v) is 5.42. The van der Waals surface area contributed by atoms with Gasteiger partial charge in [-0.1, -0.05) is 6.42 Å². The lowest BCUT2D eigenvalue weighted by molar-refractivity contribution is 0.353. The zero-order valence-corrected chi connectivity index (χ0v) is 13.2. The average molecular weight is 314 g/mol. The molecule has 2 atom stereocenters. The Balaban J connectivity index is 2.23. The normalized spacial score (nSPS) is 22.2. The summed E-state index contributed by atoms with van der Waals surface area (Å²) in [5.74, 6) is 1.10. The highest BCUT2D eigenvalue weighted by Gasteiger charge is 2.30. The van der Waals surface area contributed by atoms with Crippen molar-refractivity contribution in [1.82, 2.24) is 4.72 Å². The van der Waals surface area contributed by atoms with Crippen LogP contribution in [0.15, 0.2) is 23.1 Å². The summed E-state index contributed by atoms with van der Waals surface area (Å²) < 4.78 is 38.0. The third kappa shape index (κ3) is 3.48. The van der Waals surface area contributed by atoms with Crippen LogP contribution in [-0.2, 0) is 10.0 Å². The number of hydrogen-bond donors (Lipinski definition) is 2. The van der Waals surface area contributed by atoms with E-state index in [0.29, 0.717) is 18.0 Å². The fraction of sp³-hybridized carbons (Fsp3) is 0.571. The molecule has 3 N–H and O–H groups in total. The fourth-order valence-electron chi connectivity index (χ4n) is 2.73. The molecule has 1 aliphatic carbocycles. The van der Waals surface area contributed by atoms with E-state index in [-0.39, 0.29) is 16.9 Å². The summed E-state index contributed by atoms with van der Waals surface area (Å²) in [6.07, 6.45) is 2.80. The van der Waals surface area contributed by atoms with Gasteiger partial charge in [0.25, 0.3) is 0 Å². The van der Waals surface area contributed by atoms with E-state index >= 15 is 0 Å². The second-order valence-corrected chi connectivity index (χ2v) is 6.89. The summed E-state index contributed by atoms with van der Waals surface area (Å²) in [4.78, 5) is 0.169. The Kier molecular flexibility index (Phi) is 5.08. The molecule has 0 aromatic heterocycles. The summed E-state index contributed by atoms with van der Waals surface area (Å²) in [5, 5.41) is 0. The largest absolute Gasteiger partial charge is 0.493 e. The van der Waals surface area contributed by atoms with Crippen molar-refractivity contribution in [1.29, 1.82) is 0 Å². The Bertz CT molecular complexity index is 589. The van der Waals surface area contributed by atoms with Gasteiger partial charge >= 0.3 is 0 Å². The lowest BCUT2D eigenvalue weighted by Crippen LogP contribution is -2.39. The maximum atomic E-state index is 12.5. The molecular weight excluding hydrogens is 292 g/mol. The van der Waals surface area contributed by atoms with Crippen LogP contribution in [0, 0.1) is 5.92 Å². The zero-order chi connectivity index (χ0) is 15.5. The molecule has 0 amide bonds. The number of sulfonamides is 1. The summed E-state index contributed by atoms with van der Waals surface area (Å²) in [6.45, 7) is 0.499. The van der Waals surface area contributed by atoms with Gasteiger partial charge in [0, 0.05) is 12.1 Å². The number of nitrogens with two attached hydrogens (primary N) is 1. The molecule has 2 unspecified atom stereocenters. The monoisotopic (exact) mass is 314 g/mol. The number of methoxy groups -OCH3 is 2. The highest BCUT2D eigenvalue weighted by molar-refractivity contribution is 7.89. The first-order valence-electron chi connectivity index (χ1n) is 6.96. The van der Waals surface area contributed by atoms with Crippen molar-refractivity contribution in [3.63, 3.8) is 0 Å². The Morgan fingerprint density at radius 3 is 2.57 bits per heavy atom. The van der Waals surface area contributed by atoms with Crippen molar-refractivity contribution in [2.45, 2.75) is 30.2 Å². The minimum Gasteiger partial charge on any atom is -0.493 e. The summed E-state index contributed by atoms with van der Waals surface area (Å²) in [7, 11) is -0.602. The second-order valence-electron chi connectivity index (χ2n) is 5.17. The molecule has 1 aromatic carbocycles. The van der Waals surface area contributed by atoms with Gasteiger partial charge in [0.15, 0.2) is 11.5 Å². The highest BCUT2D eigenvalue weighted by atomic mass is 32.2. The molecule has 1 fully saturated rings. The van der Waals surface area contributed by atoms with E-state index in [1.54, 1.807) is 6.07 Å². The first-order chi connectivity index (χ1) is 10.0. The van der Waals surface area contributed by atoms with Gasteiger partial charge < -0.3 is 15.2 Å². The van der Waals surface area contributed by atoms with Crippen molar-refractivity contribution >= 4 is 10.0 Å². The van der Waals surface area contributed by atoms with Crippen molar-refractivity contribution < 1.29 is 17.9 Å². The Hall–Kier alpha value is -1.31. The predicted molar refractivity (Wildman–Crippen MR) is 80.1 cm³/mol. The smallest absolute Gasteiger partial charge is 0.240 e.